The van der Waals surface area contributed by atoms with Gasteiger partial charge in [0.2, 0.25) is 5.78 Å². The van der Waals surface area contributed by atoms with Gasteiger partial charge in [0.15, 0.2) is 6.10 Å². The number of halogens is 1. The van der Waals surface area contributed by atoms with E-state index in [0.29, 0.717) is 5.56 Å². The quantitative estimate of drug-likeness (QED) is 0.577. The van der Waals surface area contributed by atoms with E-state index in [1.54, 1.807) is 18.2 Å². The van der Waals surface area contributed by atoms with Crippen molar-refractivity contribution in [1.82, 2.24) is 9.80 Å². The van der Waals surface area contributed by atoms with E-state index in [4.69, 9.17) is 4.74 Å². The molecule has 1 N–H and O–H groups in total. The summed E-state index contributed by atoms with van der Waals surface area (Å²) in [6.45, 7) is 4.95. The molecular formula is C25H33FN2O3. The minimum absolute atomic E-state index is 0.112. The predicted octanol–water partition coefficient (Wildman–Crippen LogP) is 2.94. The highest BCUT2D eigenvalue weighted by atomic mass is 19.1. The van der Waals surface area contributed by atoms with Crippen molar-refractivity contribution in [2.45, 2.75) is 44.3 Å². The Morgan fingerprint density at radius 2 is 1.97 bits per heavy atom. The third-order valence-electron chi connectivity index (χ3n) is 6.94. The maximum absolute atomic E-state index is 14.5. The molecule has 3 atom stereocenters. The lowest BCUT2D eigenvalue weighted by Crippen LogP contribution is -2.47. The predicted molar refractivity (Wildman–Crippen MR) is 118 cm³/mol. The first-order chi connectivity index (χ1) is 15.0. The van der Waals surface area contributed by atoms with E-state index in [-0.39, 0.29) is 23.9 Å². The van der Waals surface area contributed by atoms with Crippen LogP contribution in [0.25, 0.3) is 0 Å². The number of ketones is 1. The summed E-state index contributed by atoms with van der Waals surface area (Å²) in [7, 11) is 2.14. The van der Waals surface area contributed by atoms with Gasteiger partial charge in [0, 0.05) is 51.1 Å². The van der Waals surface area contributed by atoms with Crippen molar-refractivity contribution < 1.29 is 19.0 Å². The molecule has 31 heavy (non-hydrogen) atoms. The SMILES string of the molecule is CN1CCN(CC2CCCCC(=C(Cc3ccccc3F)C3OC=CC3=O)C2O)CC1. The number of rotatable bonds is 5. The van der Waals surface area contributed by atoms with Gasteiger partial charge in [-0.1, -0.05) is 24.6 Å². The van der Waals surface area contributed by atoms with Gasteiger partial charge in [0.05, 0.1) is 12.4 Å². The monoisotopic (exact) mass is 428 g/mol. The van der Waals surface area contributed by atoms with Gasteiger partial charge in [-0.25, -0.2) is 4.39 Å². The molecule has 0 radical (unpaired) electrons. The van der Waals surface area contributed by atoms with Crippen molar-refractivity contribution in [2.24, 2.45) is 5.92 Å². The van der Waals surface area contributed by atoms with Gasteiger partial charge in [-0.3, -0.25) is 4.79 Å². The molecule has 3 unspecified atom stereocenters. The lowest BCUT2D eigenvalue weighted by molar-refractivity contribution is -0.118. The summed E-state index contributed by atoms with van der Waals surface area (Å²) in [6.07, 6.45) is 5.41. The largest absolute Gasteiger partial charge is 0.485 e. The van der Waals surface area contributed by atoms with Crippen LogP contribution in [0.3, 0.4) is 0 Å². The van der Waals surface area contributed by atoms with Crippen LogP contribution in [-0.2, 0) is 16.0 Å². The number of aliphatic hydroxyl groups excluding tert-OH is 1. The van der Waals surface area contributed by atoms with E-state index in [1.807, 2.05) is 0 Å². The van der Waals surface area contributed by atoms with Crippen LogP contribution in [0.1, 0.15) is 31.2 Å². The van der Waals surface area contributed by atoms with Crippen molar-refractivity contribution in [1.29, 1.82) is 0 Å². The van der Waals surface area contributed by atoms with Crippen molar-refractivity contribution in [3.63, 3.8) is 0 Å². The number of likely N-dealkylation sites (N-methyl/N-ethyl adjacent to an activating group) is 1. The molecule has 0 amide bonds. The highest BCUT2D eigenvalue weighted by Crippen LogP contribution is 2.35. The molecule has 5 nitrogen and oxygen atoms in total. The number of aliphatic hydroxyl groups is 1. The number of benzene rings is 1. The Hall–Kier alpha value is -2.02. The van der Waals surface area contributed by atoms with Crippen LogP contribution in [0.5, 0.6) is 0 Å². The number of nitrogens with zero attached hydrogens (tertiary/aromatic N) is 2. The Labute approximate surface area is 184 Å². The number of carbonyl (C=O) groups is 1. The van der Waals surface area contributed by atoms with Gasteiger partial charge >= 0.3 is 0 Å². The van der Waals surface area contributed by atoms with E-state index in [0.717, 1.165) is 69.6 Å². The molecule has 2 heterocycles. The smallest absolute Gasteiger partial charge is 0.203 e. The van der Waals surface area contributed by atoms with Gasteiger partial charge in [-0.15, -0.1) is 0 Å². The molecule has 3 aliphatic rings. The number of carbonyl (C=O) groups excluding carboxylic acids is 1. The molecular weight excluding hydrogens is 395 g/mol. The molecule has 1 saturated heterocycles. The molecule has 4 rings (SSSR count). The summed E-state index contributed by atoms with van der Waals surface area (Å²) in [5.74, 6) is -0.317. The average Bonchev–Trinajstić information content (AvgIpc) is 3.11. The Bertz CT molecular complexity index is 845. The average molecular weight is 429 g/mol. The Morgan fingerprint density at radius 3 is 2.68 bits per heavy atom. The van der Waals surface area contributed by atoms with Crippen LogP contribution in [0.4, 0.5) is 4.39 Å². The summed E-state index contributed by atoms with van der Waals surface area (Å²) in [5, 5.41) is 11.5. The minimum Gasteiger partial charge on any atom is -0.485 e. The Kier molecular flexibility index (Phi) is 7.20. The van der Waals surface area contributed by atoms with Gasteiger partial charge in [0.1, 0.15) is 5.82 Å². The fraction of sp³-hybridized carbons (Fsp3) is 0.560. The first kappa shape index (κ1) is 22.2. The lowest BCUT2D eigenvalue weighted by Gasteiger charge is -2.36. The van der Waals surface area contributed by atoms with Crippen molar-refractivity contribution in [3.05, 3.63) is 59.1 Å². The zero-order valence-electron chi connectivity index (χ0n) is 18.3. The summed E-state index contributed by atoms with van der Waals surface area (Å²) in [6, 6.07) is 6.65. The summed E-state index contributed by atoms with van der Waals surface area (Å²) in [4.78, 5) is 17.3. The maximum atomic E-state index is 14.5. The van der Waals surface area contributed by atoms with Crippen LogP contribution in [0, 0.1) is 11.7 Å². The fourth-order valence-electron chi connectivity index (χ4n) is 5.03. The van der Waals surface area contributed by atoms with Crippen LogP contribution in [0.15, 0.2) is 47.7 Å². The zero-order chi connectivity index (χ0) is 21.8. The standard InChI is InChI=1S/C25H33FN2O3/c1-27-11-13-28(14-12-27)17-19-7-2-4-8-20(24(19)30)21(25-23(29)10-15-31-25)16-18-6-3-5-9-22(18)26/h3,5-6,9-10,15,19,24-25,30H,2,4,7-8,11-14,16-17H2,1H3. The van der Waals surface area contributed by atoms with Crippen LogP contribution < -0.4 is 0 Å². The first-order valence-electron chi connectivity index (χ1n) is 11.4. The number of ether oxygens (including phenoxy) is 1. The lowest BCUT2D eigenvalue weighted by atomic mass is 9.85. The van der Waals surface area contributed by atoms with Gasteiger partial charge in [0.25, 0.3) is 0 Å². The van der Waals surface area contributed by atoms with Gasteiger partial charge < -0.3 is 19.6 Å². The number of hydrogen-bond donors (Lipinski definition) is 1. The molecule has 0 bridgehead atoms. The molecule has 0 aromatic heterocycles. The highest BCUT2D eigenvalue weighted by Gasteiger charge is 2.35. The van der Waals surface area contributed by atoms with E-state index in [1.165, 1.54) is 18.4 Å². The van der Waals surface area contributed by atoms with Crippen molar-refractivity contribution in [3.8, 4) is 0 Å². The summed E-state index contributed by atoms with van der Waals surface area (Å²) < 4.78 is 20.1. The van der Waals surface area contributed by atoms with E-state index in [9.17, 15) is 14.3 Å². The van der Waals surface area contributed by atoms with Crippen molar-refractivity contribution >= 4 is 5.78 Å². The van der Waals surface area contributed by atoms with E-state index >= 15 is 0 Å². The third-order valence-corrected chi connectivity index (χ3v) is 6.94. The molecule has 1 aromatic rings. The van der Waals surface area contributed by atoms with E-state index < -0.39 is 12.2 Å². The van der Waals surface area contributed by atoms with Crippen LogP contribution in [-0.4, -0.2) is 72.7 Å². The molecule has 1 saturated carbocycles. The number of piperazine rings is 1. The Balaban J connectivity index is 1.62. The highest BCUT2D eigenvalue weighted by molar-refractivity contribution is 5.97. The molecule has 168 valence electrons. The molecule has 1 aromatic carbocycles. The Morgan fingerprint density at radius 1 is 1.19 bits per heavy atom. The molecule has 1 aliphatic carbocycles. The molecule has 2 fully saturated rings. The second kappa shape index (κ2) is 10.1. The van der Waals surface area contributed by atoms with E-state index in [2.05, 4.69) is 16.8 Å². The maximum Gasteiger partial charge on any atom is 0.203 e. The number of hydrogen-bond acceptors (Lipinski definition) is 5. The second-order valence-corrected chi connectivity index (χ2v) is 9.09. The topological polar surface area (TPSA) is 53.0 Å². The van der Waals surface area contributed by atoms with Crippen molar-refractivity contribution in [2.75, 3.05) is 39.8 Å². The molecule has 6 heteroatoms. The summed E-state index contributed by atoms with van der Waals surface area (Å²) in [5.41, 5.74) is 2.14. The molecule has 2 aliphatic heterocycles. The zero-order valence-corrected chi connectivity index (χ0v) is 18.3. The normalized spacial score (nSPS) is 29.6. The minimum atomic E-state index is -0.758. The second-order valence-electron chi connectivity index (χ2n) is 9.09. The van der Waals surface area contributed by atoms with Crippen LogP contribution in [0.2, 0.25) is 0 Å². The first-order valence-corrected chi connectivity index (χ1v) is 11.4. The van der Waals surface area contributed by atoms with Gasteiger partial charge in [-0.05, 0) is 49.1 Å². The fourth-order valence-corrected chi connectivity index (χ4v) is 5.03. The third kappa shape index (κ3) is 5.25. The van der Waals surface area contributed by atoms with Gasteiger partial charge in [-0.2, -0.15) is 0 Å². The molecule has 0 spiro atoms. The summed E-state index contributed by atoms with van der Waals surface area (Å²) >= 11 is 0. The van der Waals surface area contributed by atoms with Crippen LogP contribution >= 0.6 is 0 Å².